The first-order valence-electron chi connectivity index (χ1n) is 9.10. The van der Waals surface area contributed by atoms with Crippen LogP contribution in [0.3, 0.4) is 0 Å². The number of nitrogens with one attached hydrogen (secondary N) is 1. The van der Waals surface area contributed by atoms with Gasteiger partial charge in [-0.25, -0.2) is 0 Å². The van der Waals surface area contributed by atoms with E-state index in [2.05, 4.69) is 31.0 Å². The zero-order valence-corrected chi connectivity index (χ0v) is 13.8. The van der Waals surface area contributed by atoms with E-state index in [9.17, 15) is 0 Å². The summed E-state index contributed by atoms with van der Waals surface area (Å²) in [6, 6.07) is 1.58. The normalized spacial score (nSPS) is 37.0. The molecule has 3 atom stereocenters. The summed E-state index contributed by atoms with van der Waals surface area (Å²) in [5, 5.41) is 4.02. The van der Waals surface area contributed by atoms with Crippen LogP contribution in [0.5, 0.6) is 0 Å². The fourth-order valence-electron chi connectivity index (χ4n) is 5.08. The van der Waals surface area contributed by atoms with Crippen LogP contribution in [0.15, 0.2) is 0 Å². The van der Waals surface area contributed by atoms with Gasteiger partial charge in [-0.1, -0.05) is 44.9 Å². The van der Waals surface area contributed by atoms with E-state index >= 15 is 0 Å². The second kappa shape index (κ2) is 5.96. The molecule has 0 aromatic carbocycles. The molecule has 116 valence electrons. The van der Waals surface area contributed by atoms with E-state index in [4.69, 9.17) is 0 Å². The van der Waals surface area contributed by atoms with E-state index in [1.165, 1.54) is 64.2 Å². The van der Waals surface area contributed by atoms with Crippen molar-refractivity contribution in [1.82, 2.24) is 10.2 Å². The lowest BCUT2D eigenvalue weighted by molar-refractivity contribution is 0.0467. The van der Waals surface area contributed by atoms with Gasteiger partial charge in [-0.3, -0.25) is 10.2 Å². The van der Waals surface area contributed by atoms with Gasteiger partial charge in [0.05, 0.1) is 6.17 Å². The predicted octanol–water partition coefficient (Wildman–Crippen LogP) is 4.30. The third-order valence-corrected chi connectivity index (χ3v) is 5.88. The maximum atomic E-state index is 4.02. The van der Waals surface area contributed by atoms with Crippen molar-refractivity contribution in [3.05, 3.63) is 0 Å². The summed E-state index contributed by atoms with van der Waals surface area (Å²) in [7, 11) is 0. The molecule has 0 aromatic rings. The number of hydrogen-bond donors (Lipinski definition) is 1. The summed E-state index contributed by atoms with van der Waals surface area (Å²) < 4.78 is 0. The maximum Gasteiger partial charge on any atom is 0.0610 e. The van der Waals surface area contributed by atoms with Crippen molar-refractivity contribution in [2.24, 2.45) is 5.92 Å². The highest BCUT2D eigenvalue weighted by Gasteiger charge is 2.46. The van der Waals surface area contributed by atoms with Gasteiger partial charge in [0.25, 0.3) is 0 Å². The summed E-state index contributed by atoms with van der Waals surface area (Å²) in [4.78, 5) is 2.85. The fraction of sp³-hybridized carbons (Fsp3) is 1.00. The van der Waals surface area contributed by atoms with Gasteiger partial charge in [0.1, 0.15) is 0 Å². The molecule has 1 aliphatic heterocycles. The first-order chi connectivity index (χ1) is 9.55. The number of fused-ring (bicyclic) bond motifs is 1. The molecule has 2 aliphatic carbocycles. The standard InChI is InChI=1S/C18H34N2/c1-18(2,3)20-16-12-8-7-11-15(16)19-17(20)13-14-9-5-4-6-10-14/h14-17,19H,4-13H2,1-3H3. The van der Waals surface area contributed by atoms with E-state index in [0.717, 1.165) is 18.0 Å². The Balaban J connectivity index is 1.70. The van der Waals surface area contributed by atoms with Crippen LogP contribution in [0, 0.1) is 5.92 Å². The third kappa shape index (κ3) is 3.06. The molecule has 1 heterocycles. The molecule has 0 bridgehead atoms. The molecule has 3 fully saturated rings. The molecular formula is C18H34N2. The van der Waals surface area contributed by atoms with Gasteiger partial charge in [-0.2, -0.15) is 0 Å². The quantitative estimate of drug-likeness (QED) is 0.810. The summed E-state index contributed by atoms with van der Waals surface area (Å²) in [6.45, 7) is 7.25. The zero-order chi connectivity index (χ0) is 14.2. The van der Waals surface area contributed by atoms with Crippen molar-refractivity contribution in [2.45, 2.75) is 109 Å². The topological polar surface area (TPSA) is 15.3 Å². The molecular weight excluding hydrogens is 244 g/mol. The Morgan fingerprint density at radius 3 is 2.25 bits per heavy atom. The summed E-state index contributed by atoms with van der Waals surface area (Å²) >= 11 is 0. The van der Waals surface area contributed by atoms with Gasteiger partial charge >= 0.3 is 0 Å². The molecule has 0 amide bonds. The highest BCUT2D eigenvalue weighted by atomic mass is 15.4. The molecule has 0 radical (unpaired) electrons. The lowest BCUT2D eigenvalue weighted by Gasteiger charge is -2.43. The van der Waals surface area contributed by atoms with Gasteiger partial charge in [-0.15, -0.1) is 0 Å². The Kier molecular flexibility index (Phi) is 4.42. The minimum Gasteiger partial charge on any atom is -0.297 e. The minimum absolute atomic E-state index is 0.309. The molecule has 2 saturated carbocycles. The van der Waals surface area contributed by atoms with Crippen LogP contribution in [-0.4, -0.2) is 28.7 Å². The van der Waals surface area contributed by atoms with Crippen molar-refractivity contribution in [2.75, 3.05) is 0 Å². The second-order valence-electron chi connectivity index (χ2n) is 8.46. The van der Waals surface area contributed by atoms with E-state index in [-0.39, 0.29) is 0 Å². The zero-order valence-electron chi connectivity index (χ0n) is 13.8. The highest BCUT2D eigenvalue weighted by Crippen LogP contribution is 2.38. The molecule has 3 aliphatic rings. The van der Waals surface area contributed by atoms with Gasteiger partial charge in [0.15, 0.2) is 0 Å². The monoisotopic (exact) mass is 278 g/mol. The smallest absolute Gasteiger partial charge is 0.0610 e. The molecule has 3 rings (SSSR count). The van der Waals surface area contributed by atoms with Crippen LogP contribution in [0.25, 0.3) is 0 Å². The summed E-state index contributed by atoms with van der Waals surface area (Å²) in [5.74, 6) is 0.978. The van der Waals surface area contributed by atoms with E-state index in [1.807, 2.05) is 0 Å². The Hall–Kier alpha value is -0.0800. The molecule has 2 heteroatoms. The Bertz CT molecular complexity index is 314. The predicted molar refractivity (Wildman–Crippen MR) is 85.8 cm³/mol. The first kappa shape index (κ1) is 14.8. The lowest BCUT2D eigenvalue weighted by Crippen LogP contribution is -2.52. The van der Waals surface area contributed by atoms with E-state index < -0.39 is 0 Å². The van der Waals surface area contributed by atoms with Crippen LogP contribution >= 0.6 is 0 Å². The first-order valence-corrected chi connectivity index (χ1v) is 9.10. The molecule has 20 heavy (non-hydrogen) atoms. The SMILES string of the molecule is CC(C)(C)N1C(CC2CCCCC2)NC2CCCCC21. The van der Waals surface area contributed by atoms with Crippen LogP contribution in [-0.2, 0) is 0 Å². The van der Waals surface area contributed by atoms with Crippen molar-refractivity contribution in [3.8, 4) is 0 Å². The molecule has 2 nitrogen and oxygen atoms in total. The van der Waals surface area contributed by atoms with Crippen LogP contribution in [0.4, 0.5) is 0 Å². The van der Waals surface area contributed by atoms with Crippen LogP contribution in [0.2, 0.25) is 0 Å². The lowest BCUT2D eigenvalue weighted by atomic mass is 9.85. The molecule has 1 saturated heterocycles. The number of rotatable bonds is 2. The summed E-state index contributed by atoms with van der Waals surface area (Å²) in [5.41, 5.74) is 0.309. The van der Waals surface area contributed by atoms with Crippen LogP contribution < -0.4 is 5.32 Å². The Labute approximate surface area is 125 Å². The largest absolute Gasteiger partial charge is 0.297 e. The van der Waals surface area contributed by atoms with Crippen molar-refractivity contribution >= 4 is 0 Å². The molecule has 3 unspecified atom stereocenters. The molecule has 0 aromatic heterocycles. The highest BCUT2D eigenvalue weighted by molar-refractivity contribution is 5.02. The fourth-order valence-corrected chi connectivity index (χ4v) is 5.08. The average molecular weight is 278 g/mol. The summed E-state index contributed by atoms with van der Waals surface area (Å²) in [6.07, 6.45) is 15.1. The third-order valence-electron chi connectivity index (χ3n) is 5.88. The molecule has 0 spiro atoms. The second-order valence-corrected chi connectivity index (χ2v) is 8.46. The number of nitrogens with zero attached hydrogens (tertiary/aromatic N) is 1. The van der Waals surface area contributed by atoms with Gasteiger partial charge < -0.3 is 0 Å². The van der Waals surface area contributed by atoms with Crippen LogP contribution in [0.1, 0.15) is 85.0 Å². The number of hydrogen-bond acceptors (Lipinski definition) is 2. The maximum absolute atomic E-state index is 4.02. The van der Waals surface area contributed by atoms with Gasteiger partial charge in [0, 0.05) is 17.6 Å². The van der Waals surface area contributed by atoms with Crippen molar-refractivity contribution in [3.63, 3.8) is 0 Å². The van der Waals surface area contributed by atoms with Gasteiger partial charge in [0.2, 0.25) is 0 Å². The van der Waals surface area contributed by atoms with E-state index in [1.54, 1.807) is 0 Å². The Morgan fingerprint density at radius 2 is 1.55 bits per heavy atom. The Morgan fingerprint density at radius 1 is 0.900 bits per heavy atom. The average Bonchev–Trinajstić information content (AvgIpc) is 2.77. The minimum atomic E-state index is 0.309. The van der Waals surface area contributed by atoms with Gasteiger partial charge in [-0.05, 0) is 46.0 Å². The van der Waals surface area contributed by atoms with E-state index in [0.29, 0.717) is 11.7 Å². The van der Waals surface area contributed by atoms with Crippen molar-refractivity contribution < 1.29 is 0 Å². The van der Waals surface area contributed by atoms with Crippen molar-refractivity contribution in [1.29, 1.82) is 0 Å². The molecule has 1 N–H and O–H groups in total.